The number of alkyl carbamates (subject to hydrolysis) is 2. The van der Waals surface area contributed by atoms with Gasteiger partial charge < -0.3 is 14.8 Å². The summed E-state index contributed by atoms with van der Waals surface area (Å²) >= 11 is 0. The number of rotatable bonds is 5. The van der Waals surface area contributed by atoms with Crippen LogP contribution >= 0.6 is 0 Å². The van der Waals surface area contributed by atoms with E-state index >= 15 is 0 Å². The van der Waals surface area contributed by atoms with Gasteiger partial charge in [-0.25, -0.2) is 24.2 Å². The summed E-state index contributed by atoms with van der Waals surface area (Å²) < 4.78 is 9.19. The van der Waals surface area contributed by atoms with E-state index in [1.807, 2.05) is 10.6 Å². The van der Waals surface area contributed by atoms with Crippen molar-refractivity contribution < 1.29 is 38.5 Å². The minimum atomic E-state index is -1.34. The number of carbonyl (C=O) groups is 4. The van der Waals surface area contributed by atoms with Gasteiger partial charge in [0.05, 0.1) is 27.0 Å². The molecule has 1 aliphatic rings. The molecule has 1 fully saturated rings. The topological polar surface area (TPSA) is 221 Å². The molecule has 186 valence electrons. The molecule has 0 aromatic heterocycles. The van der Waals surface area contributed by atoms with Crippen molar-refractivity contribution in [3.8, 4) is 0 Å². The average molecular weight is 500 g/mol. The van der Waals surface area contributed by atoms with E-state index in [-0.39, 0.29) is 28.5 Å². The molecular formula is C20H16N6O10. The monoisotopic (exact) mass is 500 g/mol. The fourth-order valence-corrected chi connectivity index (χ4v) is 2.61. The summed E-state index contributed by atoms with van der Waals surface area (Å²) in [5, 5.41) is 28.4. The Morgan fingerprint density at radius 3 is 1.47 bits per heavy atom. The number of nitrogens with zero attached hydrogens (tertiary/aromatic N) is 3. The smallest absolute Gasteiger partial charge is 0.372 e. The van der Waals surface area contributed by atoms with Crippen LogP contribution in [0.2, 0.25) is 0 Å². The molecule has 1 aliphatic heterocycles. The molecule has 2 amide bonds. The molecule has 1 saturated heterocycles. The number of hydrogen-bond acceptors (Lipinski definition) is 12. The number of non-ortho nitro benzene ring substituents is 2. The molecule has 3 rings (SSSR count). The zero-order valence-electron chi connectivity index (χ0n) is 18.0. The van der Waals surface area contributed by atoms with E-state index in [1.165, 1.54) is 0 Å². The summed E-state index contributed by atoms with van der Waals surface area (Å²) in [5.41, 5.74) is -0.854. The van der Waals surface area contributed by atoms with E-state index in [1.54, 1.807) is 0 Å². The molecule has 2 aromatic rings. The maximum atomic E-state index is 12.1. The first kappa shape index (κ1) is 25.4. The largest absolute Gasteiger partial charge is 0.421 e. The Morgan fingerprint density at radius 2 is 1.17 bits per heavy atom. The number of aliphatic imine (C=N–C) groups is 1. The van der Waals surface area contributed by atoms with Gasteiger partial charge in [-0.1, -0.05) is 0 Å². The van der Waals surface area contributed by atoms with Gasteiger partial charge in [-0.15, -0.1) is 0 Å². The zero-order valence-corrected chi connectivity index (χ0v) is 18.0. The van der Waals surface area contributed by atoms with Crippen molar-refractivity contribution in [2.75, 3.05) is 13.1 Å². The highest BCUT2D eigenvalue weighted by molar-refractivity contribution is 6.07. The Balaban J connectivity index is 1.60. The second-order valence-electron chi connectivity index (χ2n) is 7.00. The molecule has 0 saturated carbocycles. The lowest BCUT2D eigenvalue weighted by molar-refractivity contribution is -0.385. The van der Waals surface area contributed by atoms with E-state index in [0.29, 0.717) is 13.1 Å². The standard InChI is InChI=1S/C20H16N6O10/c27-16(11-1-5-14(6-2-11)25(31)32)35-19(29)23-18(22-13-9-21-10-13)24-20(30)36-17(28)12-3-7-15(8-4-12)26(33)34/h1-8,13,21H,9-10H2,(H2,22,23,24,29,30). The van der Waals surface area contributed by atoms with Crippen molar-refractivity contribution in [2.24, 2.45) is 4.99 Å². The minimum absolute atomic E-state index is 0.154. The van der Waals surface area contributed by atoms with Gasteiger partial charge in [-0.2, -0.15) is 0 Å². The maximum Gasteiger partial charge on any atom is 0.421 e. The Bertz CT molecular complexity index is 1150. The van der Waals surface area contributed by atoms with Gasteiger partial charge in [-0.3, -0.25) is 30.9 Å². The first-order valence-electron chi connectivity index (χ1n) is 9.96. The van der Waals surface area contributed by atoms with E-state index in [2.05, 4.69) is 19.8 Å². The fraction of sp³-hybridized carbons (Fsp3) is 0.150. The molecule has 0 atom stereocenters. The fourth-order valence-electron chi connectivity index (χ4n) is 2.61. The number of ether oxygens (including phenoxy) is 2. The normalized spacial score (nSPS) is 12.3. The predicted octanol–water partition coefficient (Wildman–Crippen LogP) is 1.26. The highest BCUT2D eigenvalue weighted by atomic mass is 16.6. The molecule has 36 heavy (non-hydrogen) atoms. The highest BCUT2D eigenvalue weighted by Gasteiger charge is 2.22. The molecule has 0 spiro atoms. The molecule has 16 heteroatoms. The zero-order chi connectivity index (χ0) is 26.2. The van der Waals surface area contributed by atoms with Gasteiger partial charge >= 0.3 is 24.1 Å². The van der Waals surface area contributed by atoms with Crippen LogP contribution in [-0.2, 0) is 9.47 Å². The SMILES string of the molecule is O=C(NC(=NC1CNC1)NC(=O)OC(=O)c1ccc([N+](=O)[O-])cc1)OC(=O)c1ccc([N+](=O)[O-])cc1. The highest BCUT2D eigenvalue weighted by Crippen LogP contribution is 2.14. The van der Waals surface area contributed by atoms with Crippen LogP contribution < -0.4 is 16.0 Å². The summed E-state index contributed by atoms with van der Waals surface area (Å²) in [7, 11) is 0. The quantitative estimate of drug-likeness (QED) is 0.132. The summed E-state index contributed by atoms with van der Waals surface area (Å²) in [5.74, 6) is -2.75. The third kappa shape index (κ3) is 6.87. The number of esters is 2. The molecule has 16 nitrogen and oxygen atoms in total. The van der Waals surface area contributed by atoms with Crippen LogP contribution in [0.1, 0.15) is 20.7 Å². The molecular weight excluding hydrogens is 484 g/mol. The number of amides is 2. The second kappa shape index (κ2) is 11.3. The summed E-state index contributed by atoms with van der Waals surface area (Å²) in [6, 6.07) is 8.18. The molecule has 0 unspecified atom stereocenters. The van der Waals surface area contributed by atoms with Crippen LogP contribution in [0.3, 0.4) is 0 Å². The molecule has 2 aromatic carbocycles. The van der Waals surface area contributed by atoms with E-state index in [4.69, 9.17) is 0 Å². The first-order chi connectivity index (χ1) is 17.1. The van der Waals surface area contributed by atoms with Crippen molar-refractivity contribution in [1.29, 1.82) is 0 Å². The second-order valence-corrected chi connectivity index (χ2v) is 7.00. The lowest BCUT2D eigenvalue weighted by Gasteiger charge is -2.24. The van der Waals surface area contributed by atoms with Crippen molar-refractivity contribution in [1.82, 2.24) is 16.0 Å². The Morgan fingerprint density at radius 1 is 0.778 bits per heavy atom. The summed E-state index contributed by atoms with van der Waals surface area (Å²) in [6.07, 6.45) is -2.68. The Hall–Kier alpha value is -5.25. The molecule has 3 N–H and O–H groups in total. The van der Waals surface area contributed by atoms with Crippen LogP contribution in [0, 0.1) is 20.2 Å². The van der Waals surface area contributed by atoms with Crippen molar-refractivity contribution in [3.05, 3.63) is 79.9 Å². The van der Waals surface area contributed by atoms with Crippen LogP contribution in [0.15, 0.2) is 53.5 Å². The number of guanidine groups is 1. The van der Waals surface area contributed by atoms with E-state index in [9.17, 15) is 39.4 Å². The predicted molar refractivity (Wildman–Crippen MR) is 118 cm³/mol. The van der Waals surface area contributed by atoms with Crippen molar-refractivity contribution >= 4 is 41.5 Å². The molecule has 0 radical (unpaired) electrons. The average Bonchev–Trinajstić information content (AvgIpc) is 2.81. The van der Waals surface area contributed by atoms with Crippen LogP contribution in [-0.4, -0.2) is 59.1 Å². The van der Waals surface area contributed by atoms with Crippen molar-refractivity contribution in [2.45, 2.75) is 6.04 Å². The molecule has 0 bridgehead atoms. The Labute approximate surface area is 200 Å². The number of nitro groups is 2. The van der Waals surface area contributed by atoms with Crippen LogP contribution in [0.25, 0.3) is 0 Å². The number of benzene rings is 2. The number of carbonyl (C=O) groups excluding carboxylic acids is 4. The number of hydrogen-bond donors (Lipinski definition) is 3. The van der Waals surface area contributed by atoms with Crippen molar-refractivity contribution in [3.63, 3.8) is 0 Å². The van der Waals surface area contributed by atoms with Crippen LogP contribution in [0.4, 0.5) is 21.0 Å². The van der Waals surface area contributed by atoms with Crippen LogP contribution in [0.5, 0.6) is 0 Å². The Kier molecular flexibility index (Phi) is 7.93. The van der Waals surface area contributed by atoms with Gasteiger partial charge in [0.1, 0.15) is 0 Å². The van der Waals surface area contributed by atoms with Gasteiger partial charge in [-0.05, 0) is 24.3 Å². The summed E-state index contributed by atoms with van der Waals surface area (Å²) in [4.78, 5) is 72.6. The van der Waals surface area contributed by atoms with Gasteiger partial charge in [0, 0.05) is 37.4 Å². The molecule has 1 heterocycles. The van der Waals surface area contributed by atoms with E-state index in [0.717, 1.165) is 48.5 Å². The first-order valence-corrected chi connectivity index (χ1v) is 9.96. The maximum absolute atomic E-state index is 12.1. The molecule has 0 aliphatic carbocycles. The number of nitrogens with one attached hydrogen (secondary N) is 3. The third-order valence-corrected chi connectivity index (χ3v) is 4.51. The lowest BCUT2D eigenvalue weighted by atomic mass is 10.2. The van der Waals surface area contributed by atoms with Gasteiger partial charge in [0.2, 0.25) is 5.96 Å². The lowest BCUT2D eigenvalue weighted by Crippen LogP contribution is -2.51. The third-order valence-electron chi connectivity index (χ3n) is 4.51. The van der Waals surface area contributed by atoms with Gasteiger partial charge in [0.25, 0.3) is 11.4 Å². The van der Waals surface area contributed by atoms with E-state index < -0.39 is 39.9 Å². The van der Waals surface area contributed by atoms with Gasteiger partial charge in [0.15, 0.2) is 0 Å². The minimum Gasteiger partial charge on any atom is -0.372 e. The number of nitro benzene ring substituents is 2. The summed E-state index contributed by atoms with van der Waals surface area (Å²) in [6.45, 7) is 0.834.